The molecule has 0 aliphatic heterocycles. The number of rotatable bonds is 18. The maximum Gasteiger partial charge on any atom is 0.336 e. The Morgan fingerprint density at radius 1 is 0.676 bits per heavy atom. The molecule has 0 aliphatic rings. The van der Waals surface area contributed by atoms with Crippen molar-refractivity contribution in [2.75, 3.05) is 13.7 Å². The van der Waals surface area contributed by atoms with Gasteiger partial charge in [-0.3, -0.25) is 0 Å². The zero-order valence-corrected chi connectivity index (χ0v) is 21.1. The summed E-state index contributed by atoms with van der Waals surface area (Å²) >= 11 is 0. The molecule has 186 valence electrons. The normalized spacial score (nSPS) is 11.0. The summed E-state index contributed by atoms with van der Waals surface area (Å²) in [5.74, 6) is 1.65. The summed E-state index contributed by atoms with van der Waals surface area (Å²) in [6.45, 7) is 3.02. The molecule has 4 heteroatoms. The second kappa shape index (κ2) is 17.7. The summed E-state index contributed by atoms with van der Waals surface area (Å²) in [5, 5.41) is 0. The Morgan fingerprint density at radius 3 is 1.74 bits per heavy atom. The van der Waals surface area contributed by atoms with Crippen LogP contribution in [0.4, 0.5) is 0 Å². The lowest BCUT2D eigenvalue weighted by Crippen LogP contribution is -2.03. The highest BCUT2D eigenvalue weighted by molar-refractivity contribution is 5.88. The van der Waals surface area contributed by atoms with Crippen molar-refractivity contribution in [1.29, 1.82) is 0 Å². The van der Waals surface area contributed by atoms with Crippen LogP contribution in [0, 0.1) is 0 Å². The largest absolute Gasteiger partial charge is 0.497 e. The van der Waals surface area contributed by atoms with Crippen molar-refractivity contribution < 1.29 is 19.0 Å². The van der Waals surface area contributed by atoms with E-state index in [1.807, 2.05) is 24.3 Å². The van der Waals surface area contributed by atoms with E-state index in [0.717, 1.165) is 30.1 Å². The molecule has 34 heavy (non-hydrogen) atoms. The van der Waals surface area contributed by atoms with Crippen molar-refractivity contribution in [3.05, 3.63) is 60.2 Å². The van der Waals surface area contributed by atoms with E-state index in [1.54, 1.807) is 37.5 Å². The molecule has 2 aromatic rings. The molecule has 0 spiro atoms. The first-order chi connectivity index (χ1) is 16.7. The summed E-state index contributed by atoms with van der Waals surface area (Å²) in [5.41, 5.74) is 0.921. The molecular formula is C30H42O4. The molecule has 2 aromatic carbocycles. The number of carbonyl (C=O) groups is 1. The quantitative estimate of drug-likeness (QED) is 0.0957. The van der Waals surface area contributed by atoms with Crippen LogP contribution < -0.4 is 14.2 Å². The average molecular weight is 467 g/mol. The van der Waals surface area contributed by atoms with E-state index < -0.39 is 5.97 Å². The summed E-state index contributed by atoms with van der Waals surface area (Å²) in [4.78, 5) is 12.0. The summed E-state index contributed by atoms with van der Waals surface area (Å²) < 4.78 is 16.2. The Balaban J connectivity index is 1.52. The van der Waals surface area contributed by atoms with Crippen molar-refractivity contribution in [3.63, 3.8) is 0 Å². The van der Waals surface area contributed by atoms with Crippen LogP contribution in [0.1, 0.15) is 89.5 Å². The second-order valence-electron chi connectivity index (χ2n) is 8.74. The van der Waals surface area contributed by atoms with Gasteiger partial charge in [-0.25, -0.2) is 4.79 Å². The standard InChI is InChI=1S/C30H42O4/c1-3-4-5-6-7-8-9-10-11-12-13-14-25-33-28-18-15-26(16-19-28)17-24-30(31)34-29-22-20-27(32-2)21-23-29/h15-24H,3-14,25H2,1-2H3/b24-17+. The molecule has 0 amide bonds. The Kier molecular flexibility index (Phi) is 14.3. The van der Waals surface area contributed by atoms with Gasteiger partial charge in [0.1, 0.15) is 17.2 Å². The predicted octanol–water partition coefficient (Wildman–Crippen LogP) is 8.39. The van der Waals surface area contributed by atoms with Gasteiger partial charge in [-0.1, -0.05) is 89.7 Å². The van der Waals surface area contributed by atoms with Crippen LogP contribution in [0.25, 0.3) is 6.08 Å². The van der Waals surface area contributed by atoms with Crippen LogP contribution in [-0.4, -0.2) is 19.7 Å². The van der Waals surface area contributed by atoms with E-state index in [1.165, 1.54) is 76.7 Å². The number of esters is 1. The lowest BCUT2D eigenvalue weighted by molar-refractivity contribution is -0.128. The number of carbonyl (C=O) groups excluding carboxylic acids is 1. The third-order valence-corrected chi connectivity index (χ3v) is 5.84. The zero-order valence-electron chi connectivity index (χ0n) is 21.1. The third kappa shape index (κ3) is 12.5. The molecule has 0 bridgehead atoms. The van der Waals surface area contributed by atoms with E-state index >= 15 is 0 Å². The molecule has 0 fully saturated rings. The van der Waals surface area contributed by atoms with Gasteiger partial charge in [0, 0.05) is 6.08 Å². The van der Waals surface area contributed by atoms with Crippen LogP contribution in [-0.2, 0) is 4.79 Å². The molecule has 0 saturated carbocycles. The Hall–Kier alpha value is -2.75. The first-order valence-corrected chi connectivity index (χ1v) is 13.0. The van der Waals surface area contributed by atoms with Crippen molar-refractivity contribution >= 4 is 12.0 Å². The van der Waals surface area contributed by atoms with Gasteiger partial charge in [0.25, 0.3) is 0 Å². The highest BCUT2D eigenvalue weighted by atomic mass is 16.5. The molecule has 0 N–H and O–H groups in total. The third-order valence-electron chi connectivity index (χ3n) is 5.84. The molecule has 2 rings (SSSR count). The smallest absolute Gasteiger partial charge is 0.336 e. The van der Waals surface area contributed by atoms with Gasteiger partial charge in [-0.15, -0.1) is 0 Å². The predicted molar refractivity (Wildman–Crippen MR) is 141 cm³/mol. The van der Waals surface area contributed by atoms with Crippen LogP contribution in [0.5, 0.6) is 17.2 Å². The van der Waals surface area contributed by atoms with Gasteiger partial charge in [0.05, 0.1) is 13.7 Å². The number of hydrogen-bond acceptors (Lipinski definition) is 4. The minimum absolute atomic E-state index is 0.419. The van der Waals surface area contributed by atoms with Crippen LogP contribution in [0.3, 0.4) is 0 Å². The van der Waals surface area contributed by atoms with E-state index in [9.17, 15) is 4.79 Å². The number of methoxy groups -OCH3 is 1. The number of hydrogen-bond donors (Lipinski definition) is 0. The fourth-order valence-electron chi connectivity index (χ4n) is 3.77. The molecule has 0 aromatic heterocycles. The van der Waals surface area contributed by atoms with Crippen molar-refractivity contribution in [1.82, 2.24) is 0 Å². The molecule has 0 atom stereocenters. The summed E-state index contributed by atoms with van der Waals surface area (Å²) in [7, 11) is 1.60. The minimum Gasteiger partial charge on any atom is -0.497 e. The topological polar surface area (TPSA) is 44.8 Å². The van der Waals surface area contributed by atoms with Gasteiger partial charge in [-0.05, 0) is 54.5 Å². The lowest BCUT2D eigenvalue weighted by atomic mass is 10.1. The van der Waals surface area contributed by atoms with Crippen LogP contribution in [0.15, 0.2) is 54.6 Å². The van der Waals surface area contributed by atoms with Gasteiger partial charge in [0.15, 0.2) is 0 Å². The van der Waals surface area contributed by atoms with Crippen molar-refractivity contribution in [3.8, 4) is 17.2 Å². The van der Waals surface area contributed by atoms with Crippen LogP contribution in [0.2, 0.25) is 0 Å². The van der Waals surface area contributed by atoms with Gasteiger partial charge in [0.2, 0.25) is 0 Å². The molecule has 0 radical (unpaired) electrons. The van der Waals surface area contributed by atoms with E-state index in [4.69, 9.17) is 14.2 Å². The highest BCUT2D eigenvalue weighted by Gasteiger charge is 2.01. The minimum atomic E-state index is -0.419. The van der Waals surface area contributed by atoms with Crippen molar-refractivity contribution in [2.24, 2.45) is 0 Å². The SMILES string of the molecule is CCCCCCCCCCCCCCOc1ccc(/C=C/C(=O)Oc2ccc(OC)cc2)cc1. The second-order valence-corrected chi connectivity index (χ2v) is 8.74. The Bertz CT molecular complexity index is 809. The fraction of sp³-hybridized carbons (Fsp3) is 0.500. The van der Waals surface area contributed by atoms with Crippen LogP contribution >= 0.6 is 0 Å². The van der Waals surface area contributed by atoms with E-state index in [0.29, 0.717) is 5.75 Å². The van der Waals surface area contributed by atoms with E-state index in [2.05, 4.69) is 6.92 Å². The Morgan fingerprint density at radius 2 is 1.18 bits per heavy atom. The molecular weight excluding hydrogens is 424 g/mol. The Labute approximate surface area is 206 Å². The maximum absolute atomic E-state index is 12.0. The molecule has 0 saturated heterocycles. The number of unbranched alkanes of at least 4 members (excludes halogenated alkanes) is 11. The molecule has 0 aliphatic carbocycles. The maximum atomic E-state index is 12.0. The van der Waals surface area contributed by atoms with Crippen molar-refractivity contribution in [2.45, 2.75) is 84.0 Å². The first-order valence-electron chi connectivity index (χ1n) is 13.0. The zero-order chi connectivity index (χ0) is 24.3. The number of ether oxygens (including phenoxy) is 3. The molecule has 4 nitrogen and oxygen atoms in total. The summed E-state index contributed by atoms with van der Waals surface area (Å²) in [6.07, 6.45) is 19.3. The van der Waals surface area contributed by atoms with Gasteiger partial charge >= 0.3 is 5.97 Å². The monoisotopic (exact) mass is 466 g/mol. The average Bonchev–Trinajstić information content (AvgIpc) is 2.87. The fourth-order valence-corrected chi connectivity index (χ4v) is 3.77. The highest BCUT2D eigenvalue weighted by Crippen LogP contribution is 2.18. The first kappa shape index (κ1) is 27.5. The lowest BCUT2D eigenvalue weighted by Gasteiger charge is -2.07. The summed E-state index contributed by atoms with van der Waals surface area (Å²) in [6, 6.07) is 14.7. The molecule has 0 unspecified atom stereocenters. The molecule has 0 heterocycles. The van der Waals surface area contributed by atoms with E-state index in [-0.39, 0.29) is 0 Å². The van der Waals surface area contributed by atoms with Gasteiger partial charge < -0.3 is 14.2 Å². The van der Waals surface area contributed by atoms with Gasteiger partial charge in [-0.2, -0.15) is 0 Å². The number of benzene rings is 2.